The van der Waals surface area contributed by atoms with Crippen molar-refractivity contribution in [2.75, 3.05) is 12.0 Å². The van der Waals surface area contributed by atoms with Crippen molar-refractivity contribution in [2.45, 2.75) is 38.6 Å². The summed E-state index contributed by atoms with van der Waals surface area (Å²) in [6, 6.07) is 8.39. The number of benzene rings is 1. The van der Waals surface area contributed by atoms with E-state index in [0.29, 0.717) is 6.42 Å². The monoisotopic (exact) mass is 269 g/mol. The standard InChI is InChI=1S/C14H23NO2S/c1-12-6-3-4-7-13(12)9-10-14(15)8-5-11-18(2,16)17/h3-4,6-7,14H,5,8-11,15H2,1-2H3. The highest BCUT2D eigenvalue weighted by Crippen LogP contribution is 2.12. The van der Waals surface area contributed by atoms with E-state index in [-0.39, 0.29) is 11.8 Å². The quantitative estimate of drug-likeness (QED) is 0.824. The van der Waals surface area contributed by atoms with Crippen LogP contribution < -0.4 is 5.73 Å². The van der Waals surface area contributed by atoms with E-state index in [2.05, 4.69) is 19.1 Å². The maximum absolute atomic E-state index is 11.0. The molecule has 1 aromatic carbocycles. The van der Waals surface area contributed by atoms with Crippen molar-refractivity contribution >= 4 is 9.84 Å². The minimum absolute atomic E-state index is 0.0892. The van der Waals surface area contributed by atoms with Crippen molar-refractivity contribution in [2.24, 2.45) is 5.73 Å². The second-order valence-electron chi connectivity index (χ2n) is 5.00. The van der Waals surface area contributed by atoms with E-state index in [1.54, 1.807) is 0 Å². The summed E-state index contributed by atoms with van der Waals surface area (Å²) in [5.74, 6) is 0.241. The van der Waals surface area contributed by atoms with Gasteiger partial charge in [-0.25, -0.2) is 8.42 Å². The highest BCUT2D eigenvalue weighted by Gasteiger charge is 2.07. The third-order valence-corrected chi connectivity index (χ3v) is 4.17. The van der Waals surface area contributed by atoms with Gasteiger partial charge in [0.2, 0.25) is 0 Å². The maximum Gasteiger partial charge on any atom is 0.147 e. The topological polar surface area (TPSA) is 60.2 Å². The van der Waals surface area contributed by atoms with Crippen LogP contribution in [0.15, 0.2) is 24.3 Å². The van der Waals surface area contributed by atoms with Gasteiger partial charge in [0.1, 0.15) is 9.84 Å². The molecule has 102 valence electrons. The van der Waals surface area contributed by atoms with Gasteiger partial charge >= 0.3 is 0 Å². The lowest BCUT2D eigenvalue weighted by Crippen LogP contribution is -2.21. The third-order valence-electron chi connectivity index (χ3n) is 3.14. The molecule has 0 saturated heterocycles. The second kappa shape index (κ2) is 6.90. The molecule has 0 saturated carbocycles. The summed E-state index contributed by atoms with van der Waals surface area (Å²) in [6.45, 7) is 2.10. The summed E-state index contributed by atoms with van der Waals surface area (Å²) in [6.07, 6.45) is 4.58. The predicted octanol–water partition coefficient (Wildman–Crippen LogP) is 2.08. The molecule has 0 fully saturated rings. The summed E-state index contributed by atoms with van der Waals surface area (Å²) in [5.41, 5.74) is 8.63. The largest absolute Gasteiger partial charge is 0.328 e. The van der Waals surface area contributed by atoms with Crippen LogP contribution in [-0.2, 0) is 16.3 Å². The lowest BCUT2D eigenvalue weighted by atomic mass is 9.99. The molecule has 4 heteroatoms. The average Bonchev–Trinajstić information content (AvgIpc) is 2.26. The zero-order valence-corrected chi connectivity index (χ0v) is 12.0. The first-order valence-electron chi connectivity index (χ1n) is 6.36. The van der Waals surface area contributed by atoms with Crippen LogP contribution in [0.2, 0.25) is 0 Å². The van der Waals surface area contributed by atoms with Crippen LogP contribution in [0.1, 0.15) is 30.4 Å². The fraction of sp³-hybridized carbons (Fsp3) is 0.571. The number of sulfone groups is 1. The van der Waals surface area contributed by atoms with E-state index in [4.69, 9.17) is 5.73 Å². The zero-order valence-electron chi connectivity index (χ0n) is 11.2. The van der Waals surface area contributed by atoms with Crippen LogP contribution in [-0.4, -0.2) is 26.5 Å². The fourth-order valence-corrected chi connectivity index (χ4v) is 2.67. The second-order valence-corrected chi connectivity index (χ2v) is 7.26. The molecule has 0 spiro atoms. The molecule has 3 nitrogen and oxygen atoms in total. The van der Waals surface area contributed by atoms with Crippen LogP contribution >= 0.6 is 0 Å². The van der Waals surface area contributed by atoms with Gasteiger partial charge in [0.25, 0.3) is 0 Å². The van der Waals surface area contributed by atoms with Crippen molar-refractivity contribution in [3.8, 4) is 0 Å². The van der Waals surface area contributed by atoms with E-state index in [1.807, 2.05) is 12.1 Å². The Kier molecular flexibility index (Phi) is 5.82. The minimum Gasteiger partial charge on any atom is -0.328 e. The molecule has 1 unspecified atom stereocenters. The predicted molar refractivity (Wildman–Crippen MR) is 76.4 cm³/mol. The summed E-state index contributed by atoms with van der Waals surface area (Å²) >= 11 is 0. The van der Waals surface area contributed by atoms with Gasteiger partial charge in [-0.15, -0.1) is 0 Å². The van der Waals surface area contributed by atoms with Gasteiger partial charge in [-0.1, -0.05) is 24.3 Å². The van der Waals surface area contributed by atoms with Gasteiger partial charge < -0.3 is 5.73 Å². The number of aryl methyl sites for hydroxylation is 2. The van der Waals surface area contributed by atoms with E-state index in [1.165, 1.54) is 17.4 Å². The van der Waals surface area contributed by atoms with Gasteiger partial charge in [0, 0.05) is 18.1 Å². The molecule has 1 atom stereocenters. The van der Waals surface area contributed by atoms with Crippen molar-refractivity contribution in [1.82, 2.24) is 0 Å². The SMILES string of the molecule is Cc1ccccc1CCC(N)CCCS(C)(=O)=O. The molecule has 0 radical (unpaired) electrons. The molecule has 1 rings (SSSR count). The Hall–Kier alpha value is -0.870. The van der Waals surface area contributed by atoms with Crippen molar-refractivity contribution in [1.29, 1.82) is 0 Å². The number of hydrogen-bond acceptors (Lipinski definition) is 3. The smallest absolute Gasteiger partial charge is 0.147 e. The van der Waals surface area contributed by atoms with Gasteiger partial charge in [-0.05, 0) is 43.7 Å². The van der Waals surface area contributed by atoms with Crippen molar-refractivity contribution in [3.63, 3.8) is 0 Å². The summed E-state index contributed by atoms with van der Waals surface area (Å²) < 4.78 is 22.0. The van der Waals surface area contributed by atoms with Gasteiger partial charge in [-0.2, -0.15) is 0 Å². The Morgan fingerprint density at radius 2 is 1.89 bits per heavy atom. The molecule has 0 bridgehead atoms. The van der Waals surface area contributed by atoms with Gasteiger partial charge in [-0.3, -0.25) is 0 Å². The van der Waals surface area contributed by atoms with Crippen LogP contribution in [0.3, 0.4) is 0 Å². The van der Waals surface area contributed by atoms with Gasteiger partial charge in [0.15, 0.2) is 0 Å². The molecule has 18 heavy (non-hydrogen) atoms. The molecule has 0 heterocycles. The lowest BCUT2D eigenvalue weighted by Gasteiger charge is -2.12. The Bertz CT molecular complexity index is 468. The highest BCUT2D eigenvalue weighted by atomic mass is 32.2. The number of hydrogen-bond donors (Lipinski definition) is 1. The molecular formula is C14H23NO2S. The normalized spacial score (nSPS) is 13.5. The summed E-state index contributed by atoms with van der Waals surface area (Å²) in [4.78, 5) is 0. The van der Waals surface area contributed by atoms with E-state index in [0.717, 1.165) is 19.3 Å². The minimum atomic E-state index is -2.85. The van der Waals surface area contributed by atoms with Crippen LogP contribution in [0.25, 0.3) is 0 Å². The third kappa shape index (κ3) is 6.17. The van der Waals surface area contributed by atoms with E-state index >= 15 is 0 Å². The molecule has 0 aliphatic heterocycles. The average molecular weight is 269 g/mol. The highest BCUT2D eigenvalue weighted by molar-refractivity contribution is 7.90. The van der Waals surface area contributed by atoms with Gasteiger partial charge in [0.05, 0.1) is 0 Å². The van der Waals surface area contributed by atoms with E-state index in [9.17, 15) is 8.42 Å². The van der Waals surface area contributed by atoms with Crippen LogP contribution in [0.5, 0.6) is 0 Å². The molecule has 0 amide bonds. The molecular weight excluding hydrogens is 246 g/mol. The Morgan fingerprint density at radius 3 is 2.50 bits per heavy atom. The Labute approximate surface area is 110 Å². The summed E-state index contributed by atoms with van der Waals surface area (Å²) in [7, 11) is -2.85. The first kappa shape index (κ1) is 15.2. The summed E-state index contributed by atoms with van der Waals surface area (Å²) in [5, 5.41) is 0. The van der Waals surface area contributed by atoms with E-state index < -0.39 is 9.84 Å². The maximum atomic E-state index is 11.0. The van der Waals surface area contributed by atoms with Crippen molar-refractivity contribution in [3.05, 3.63) is 35.4 Å². The van der Waals surface area contributed by atoms with Crippen LogP contribution in [0.4, 0.5) is 0 Å². The Balaban J connectivity index is 2.29. The Morgan fingerprint density at radius 1 is 1.22 bits per heavy atom. The first-order valence-corrected chi connectivity index (χ1v) is 8.42. The molecule has 0 aliphatic carbocycles. The lowest BCUT2D eigenvalue weighted by molar-refractivity contribution is 0.552. The number of rotatable bonds is 7. The number of nitrogens with two attached hydrogens (primary N) is 1. The van der Waals surface area contributed by atoms with Crippen molar-refractivity contribution < 1.29 is 8.42 Å². The first-order chi connectivity index (χ1) is 8.38. The zero-order chi connectivity index (χ0) is 13.6. The molecule has 0 aromatic heterocycles. The fourth-order valence-electron chi connectivity index (χ4n) is 1.98. The molecule has 2 N–H and O–H groups in total. The van der Waals surface area contributed by atoms with Crippen LogP contribution in [0, 0.1) is 6.92 Å². The molecule has 1 aromatic rings. The molecule has 0 aliphatic rings.